The molecule has 2 saturated heterocycles. The van der Waals surface area contributed by atoms with Crippen molar-refractivity contribution in [2.24, 2.45) is 0 Å². The molecule has 0 aliphatic carbocycles. The molecule has 0 spiro atoms. The second kappa shape index (κ2) is 9.10. The largest absolute Gasteiger partial charge is 0.380 e. The van der Waals surface area contributed by atoms with Crippen molar-refractivity contribution in [3.63, 3.8) is 0 Å². The fourth-order valence-corrected chi connectivity index (χ4v) is 5.25. The van der Waals surface area contributed by atoms with Crippen molar-refractivity contribution in [1.29, 1.82) is 0 Å². The summed E-state index contributed by atoms with van der Waals surface area (Å²) in [5.74, 6) is 0.656. The Kier molecular flexibility index (Phi) is 6.31. The Balaban J connectivity index is 1.61. The Labute approximate surface area is 174 Å². The number of carbonyl (C=O) groups excluding carboxylic acids is 1. The van der Waals surface area contributed by atoms with Crippen LogP contribution < -0.4 is 0 Å². The number of ether oxygens (including phenoxy) is 1. The van der Waals surface area contributed by atoms with Crippen LogP contribution in [0.2, 0.25) is 0 Å². The van der Waals surface area contributed by atoms with Crippen molar-refractivity contribution in [2.45, 2.75) is 50.3 Å². The van der Waals surface area contributed by atoms with Crippen molar-refractivity contribution in [2.75, 3.05) is 27.2 Å². The number of piperidine rings is 1. The molecule has 154 valence electrons. The first-order valence-corrected chi connectivity index (χ1v) is 10.8. The van der Waals surface area contributed by atoms with E-state index in [-0.39, 0.29) is 11.9 Å². The molecule has 2 aliphatic heterocycles. The van der Waals surface area contributed by atoms with Gasteiger partial charge in [0.15, 0.2) is 0 Å². The predicted molar refractivity (Wildman–Crippen MR) is 116 cm³/mol. The molecule has 3 atom stereocenters. The minimum absolute atomic E-state index is 0.172. The standard InChI is InChI=1S/C25H32N2O2/c1-26-16-7-6-10-23-24(26)22(20-8-4-3-5-9-20)15-17-27(23)25(28)21-13-11-19(12-14-21)18-29-2/h3-5,8-9,11-14,22-24H,6-7,10,15-18H2,1-2H3/t22-,23-,24-/m1/s1. The molecule has 2 aromatic carbocycles. The topological polar surface area (TPSA) is 32.8 Å². The molecule has 29 heavy (non-hydrogen) atoms. The van der Waals surface area contributed by atoms with Gasteiger partial charge in [-0.1, -0.05) is 48.9 Å². The minimum Gasteiger partial charge on any atom is -0.380 e. The Bertz CT molecular complexity index is 805. The molecule has 0 saturated carbocycles. The fourth-order valence-electron chi connectivity index (χ4n) is 5.25. The molecule has 4 rings (SSSR count). The van der Waals surface area contributed by atoms with E-state index >= 15 is 0 Å². The van der Waals surface area contributed by atoms with Gasteiger partial charge in [-0.05, 0) is 56.1 Å². The highest BCUT2D eigenvalue weighted by Crippen LogP contribution is 2.38. The lowest BCUT2D eigenvalue weighted by molar-refractivity contribution is 0.0318. The predicted octanol–water partition coefficient (Wildman–Crippen LogP) is 4.32. The summed E-state index contributed by atoms with van der Waals surface area (Å²) in [7, 11) is 3.94. The molecule has 4 heteroatoms. The quantitative estimate of drug-likeness (QED) is 0.777. The van der Waals surface area contributed by atoms with Gasteiger partial charge in [-0.2, -0.15) is 0 Å². The molecule has 0 bridgehead atoms. The van der Waals surface area contributed by atoms with Crippen molar-refractivity contribution in [3.8, 4) is 0 Å². The number of carbonyl (C=O) groups is 1. The molecule has 2 aliphatic rings. The van der Waals surface area contributed by atoms with Gasteiger partial charge in [-0.15, -0.1) is 0 Å². The van der Waals surface area contributed by atoms with E-state index in [0.717, 1.165) is 37.1 Å². The molecule has 2 fully saturated rings. The van der Waals surface area contributed by atoms with Crippen LogP contribution >= 0.6 is 0 Å². The number of likely N-dealkylation sites (tertiary alicyclic amines) is 2. The third kappa shape index (κ3) is 4.24. The van der Waals surface area contributed by atoms with Crippen LogP contribution in [0.1, 0.15) is 53.1 Å². The van der Waals surface area contributed by atoms with Crippen molar-refractivity contribution < 1.29 is 9.53 Å². The number of benzene rings is 2. The highest BCUT2D eigenvalue weighted by Gasteiger charge is 2.43. The zero-order valence-electron chi connectivity index (χ0n) is 17.6. The molecular weight excluding hydrogens is 360 g/mol. The van der Waals surface area contributed by atoms with Crippen LogP contribution in [-0.2, 0) is 11.3 Å². The Hall–Kier alpha value is -2.17. The Morgan fingerprint density at radius 2 is 1.76 bits per heavy atom. The van der Waals surface area contributed by atoms with Crippen LogP contribution in [0.4, 0.5) is 0 Å². The zero-order valence-corrected chi connectivity index (χ0v) is 17.6. The summed E-state index contributed by atoms with van der Waals surface area (Å²) in [5, 5.41) is 0. The average Bonchev–Trinajstić information content (AvgIpc) is 2.96. The van der Waals surface area contributed by atoms with Gasteiger partial charge in [-0.3, -0.25) is 4.79 Å². The number of methoxy groups -OCH3 is 1. The number of fused-ring (bicyclic) bond motifs is 1. The highest BCUT2D eigenvalue weighted by atomic mass is 16.5. The van der Waals surface area contributed by atoms with E-state index in [1.54, 1.807) is 7.11 Å². The molecule has 0 unspecified atom stereocenters. The van der Waals surface area contributed by atoms with Gasteiger partial charge in [-0.25, -0.2) is 0 Å². The summed E-state index contributed by atoms with van der Waals surface area (Å²) in [6.45, 7) is 2.51. The Morgan fingerprint density at radius 1 is 1.00 bits per heavy atom. The normalized spacial score (nSPS) is 25.3. The summed E-state index contributed by atoms with van der Waals surface area (Å²) in [4.78, 5) is 18.1. The van der Waals surface area contributed by atoms with E-state index in [9.17, 15) is 4.79 Å². The average molecular weight is 393 g/mol. The maximum Gasteiger partial charge on any atom is 0.254 e. The molecule has 1 amide bonds. The molecular formula is C25H32N2O2. The third-order valence-electron chi connectivity index (χ3n) is 6.66. The number of hydrogen-bond acceptors (Lipinski definition) is 3. The number of rotatable bonds is 4. The van der Waals surface area contributed by atoms with Crippen molar-refractivity contribution in [3.05, 3.63) is 71.3 Å². The van der Waals surface area contributed by atoms with E-state index in [1.807, 2.05) is 24.3 Å². The lowest BCUT2D eigenvalue weighted by Crippen LogP contribution is -2.58. The summed E-state index contributed by atoms with van der Waals surface area (Å²) in [5.41, 5.74) is 3.29. The first kappa shape index (κ1) is 20.1. The molecule has 2 aromatic rings. The third-order valence-corrected chi connectivity index (χ3v) is 6.66. The summed E-state index contributed by atoms with van der Waals surface area (Å²) < 4.78 is 5.19. The van der Waals surface area contributed by atoms with Gasteiger partial charge in [0.2, 0.25) is 0 Å². The summed E-state index contributed by atoms with van der Waals surface area (Å²) >= 11 is 0. The van der Waals surface area contributed by atoms with E-state index in [1.165, 1.54) is 18.4 Å². The first-order chi connectivity index (χ1) is 14.2. The lowest BCUT2D eigenvalue weighted by Gasteiger charge is -2.48. The highest BCUT2D eigenvalue weighted by molar-refractivity contribution is 5.94. The van der Waals surface area contributed by atoms with Gasteiger partial charge >= 0.3 is 0 Å². The van der Waals surface area contributed by atoms with Gasteiger partial charge in [0.25, 0.3) is 5.91 Å². The number of nitrogens with zero attached hydrogens (tertiary/aromatic N) is 2. The van der Waals surface area contributed by atoms with Crippen LogP contribution in [0.25, 0.3) is 0 Å². The molecule has 0 N–H and O–H groups in total. The van der Waals surface area contributed by atoms with Gasteiger partial charge in [0, 0.05) is 37.2 Å². The zero-order chi connectivity index (χ0) is 20.2. The molecule has 4 nitrogen and oxygen atoms in total. The second-order valence-electron chi connectivity index (χ2n) is 8.47. The van der Waals surface area contributed by atoms with Crippen molar-refractivity contribution >= 4 is 5.91 Å². The molecule has 0 aromatic heterocycles. The number of amides is 1. The van der Waals surface area contributed by atoms with Crippen LogP contribution in [0, 0.1) is 0 Å². The van der Waals surface area contributed by atoms with Crippen LogP contribution in [0.15, 0.2) is 54.6 Å². The van der Waals surface area contributed by atoms with E-state index in [0.29, 0.717) is 18.6 Å². The summed E-state index contributed by atoms with van der Waals surface area (Å²) in [6, 6.07) is 19.4. The minimum atomic E-state index is 0.172. The maximum atomic E-state index is 13.5. The SMILES string of the molecule is COCc1ccc(C(=O)N2CC[C@H](c3ccccc3)[C@@H]3[C@H]2CCCCN3C)cc1. The second-order valence-corrected chi connectivity index (χ2v) is 8.47. The number of likely N-dealkylation sites (N-methyl/N-ethyl adjacent to an activating group) is 1. The monoisotopic (exact) mass is 392 g/mol. The summed E-state index contributed by atoms with van der Waals surface area (Å²) in [6.07, 6.45) is 4.50. The maximum absolute atomic E-state index is 13.5. The van der Waals surface area contributed by atoms with Gasteiger partial charge in [0.05, 0.1) is 6.61 Å². The smallest absolute Gasteiger partial charge is 0.254 e. The fraction of sp³-hybridized carbons (Fsp3) is 0.480. The van der Waals surface area contributed by atoms with Crippen molar-refractivity contribution in [1.82, 2.24) is 9.80 Å². The van der Waals surface area contributed by atoms with E-state index in [4.69, 9.17) is 4.74 Å². The van der Waals surface area contributed by atoms with Crippen LogP contribution in [0.3, 0.4) is 0 Å². The van der Waals surface area contributed by atoms with Crippen LogP contribution in [-0.4, -0.2) is 55.0 Å². The molecule has 2 heterocycles. The van der Waals surface area contributed by atoms with Crippen LogP contribution in [0.5, 0.6) is 0 Å². The first-order valence-electron chi connectivity index (χ1n) is 10.8. The van der Waals surface area contributed by atoms with E-state index < -0.39 is 0 Å². The van der Waals surface area contributed by atoms with E-state index in [2.05, 4.69) is 47.2 Å². The van der Waals surface area contributed by atoms with Gasteiger partial charge in [0.1, 0.15) is 0 Å². The number of hydrogen-bond donors (Lipinski definition) is 0. The lowest BCUT2D eigenvalue weighted by atomic mass is 9.79. The Morgan fingerprint density at radius 3 is 2.48 bits per heavy atom. The molecule has 0 radical (unpaired) electrons. The van der Waals surface area contributed by atoms with Gasteiger partial charge < -0.3 is 14.5 Å².